The minimum Gasteiger partial charge on any atom is -0.483 e. The SMILES string of the molecule is Cc1cccc(OCC(=O)NN=Cc2cccc3ccccc23)c1C. The molecule has 1 N–H and O–H groups in total. The van der Waals surface area contributed by atoms with Gasteiger partial charge in [-0.3, -0.25) is 4.79 Å². The molecular formula is C21H20N2O2. The van der Waals surface area contributed by atoms with Gasteiger partial charge in [0.2, 0.25) is 0 Å². The summed E-state index contributed by atoms with van der Waals surface area (Å²) in [5.74, 6) is 0.422. The van der Waals surface area contributed by atoms with Gasteiger partial charge in [-0.25, -0.2) is 5.43 Å². The summed E-state index contributed by atoms with van der Waals surface area (Å²) in [6.07, 6.45) is 1.65. The summed E-state index contributed by atoms with van der Waals surface area (Å²) in [7, 11) is 0. The van der Waals surface area contributed by atoms with Crippen LogP contribution in [0.1, 0.15) is 16.7 Å². The minimum absolute atomic E-state index is 0.0723. The van der Waals surface area contributed by atoms with Crippen molar-refractivity contribution in [1.82, 2.24) is 5.43 Å². The highest BCUT2D eigenvalue weighted by Crippen LogP contribution is 2.20. The van der Waals surface area contributed by atoms with Gasteiger partial charge < -0.3 is 4.74 Å². The largest absolute Gasteiger partial charge is 0.483 e. The van der Waals surface area contributed by atoms with Gasteiger partial charge in [0.05, 0.1) is 6.21 Å². The van der Waals surface area contributed by atoms with E-state index in [0.29, 0.717) is 5.75 Å². The van der Waals surface area contributed by atoms with Crippen LogP contribution in [0.15, 0.2) is 65.8 Å². The number of rotatable bonds is 5. The maximum absolute atomic E-state index is 11.9. The van der Waals surface area contributed by atoms with Crippen LogP contribution in [-0.4, -0.2) is 18.7 Å². The van der Waals surface area contributed by atoms with Crippen LogP contribution in [0.2, 0.25) is 0 Å². The number of ether oxygens (including phenoxy) is 1. The number of fused-ring (bicyclic) bond motifs is 1. The Morgan fingerprint density at radius 1 is 1.04 bits per heavy atom. The predicted octanol–water partition coefficient (Wildman–Crippen LogP) is 3.99. The molecule has 0 saturated heterocycles. The van der Waals surface area contributed by atoms with Crippen LogP contribution in [-0.2, 0) is 4.79 Å². The maximum atomic E-state index is 11.9. The Bertz CT molecular complexity index is 927. The van der Waals surface area contributed by atoms with Crippen molar-refractivity contribution in [2.45, 2.75) is 13.8 Å². The van der Waals surface area contributed by atoms with Crippen LogP contribution in [0.5, 0.6) is 5.75 Å². The van der Waals surface area contributed by atoms with Crippen LogP contribution in [0.4, 0.5) is 0 Å². The lowest BCUT2D eigenvalue weighted by atomic mass is 10.1. The Morgan fingerprint density at radius 2 is 1.80 bits per heavy atom. The number of carbonyl (C=O) groups excluding carboxylic acids is 1. The van der Waals surface area contributed by atoms with Crippen LogP contribution in [0.3, 0.4) is 0 Å². The molecule has 0 saturated carbocycles. The fourth-order valence-electron chi connectivity index (χ4n) is 2.59. The van der Waals surface area contributed by atoms with Gasteiger partial charge in [-0.05, 0) is 41.8 Å². The van der Waals surface area contributed by atoms with Crippen LogP contribution in [0, 0.1) is 13.8 Å². The molecule has 1 amide bonds. The van der Waals surface area contributed by atoms with Gasteiger partial charge in [0.1, 0.15) is 5.75 Å². The Balaban J connectivity index is 1.60. The molecule has 0 heterocycles. The number of carbonyl (C=O) groups is 1. The summed E-state index contributed by atoms with van der Waals surface area (Å²) < 4.78 is 5.57. The van der Waals surface area contributed by atoms with Crippen molar-refractivity contribution >= 4 is 22.9 Å². The molecule has 0 spiro atoms. The van der Waals surface area contributed by atoms with E-state index in [1.54, 1.807) is 6.21 Å². The van der Waals surface area contributed by atoms with Crippen molar-refractivity contribution < 1.29 is 9.53 Å². The van der Waals surface area contributed by atoms with E-state index in [-0.39, 0.29) is 12.5 Å². The lowest BCUT2D eigenvalue weighted by molar-refractivity contribution is -0.123. The van der Waals surface area contributed by atoms with Crippen molar-refractivity contribution in [3.05, 3.63) is 77.4 Å². The summed E-state index contributed by atoms with van der Waals surface area (Å²) in [4.78, 5) is 11.9. The fraction of sp³-hybridized carbons (Fsp3) is 0.143. The van der Waals surface area contributed by atoms with Gasteiger partial charge in [0.15, 0.2) is 6.61 Å². The number of benzene rings is 3. The molecule has 3 aromatic carbocycles. The lowest BCUT2D eigenvalue weighted by Crippen LogP contribution is -2.24. The molecule has 4 heteroatoms. The van der Waals surface area contributed by atoms with Crippen molar-refractivity contribution in [1.29, 1.82) is 0 Å². The third-order valence-electron chi connectivity index (χ3n) is 4.13. The van der Waals surface area contributed by atoms with Crippen molar-refractivity contribution in [3.8, 4) is 5.75 Å². The standard InChI is InChI=1S/C21H20N2O2/c1-15-7-5-12-20(16(15)2)25-14-21(24)23-22-13-18-10-6-9-17-8-3-4-11-19(17)18/h3-13H,14H2,1-2H3,(H,23,24). The molecule has 0 aliphatic heterocycles. The molecule has 3 rings (SSSR count). The maximum Gasteiger partial charge on any atom is 0.277 e. The molecule has 126 valence electrons. The third-order valence-corrected chi connectivity index (χ3v) is 4.13. The van der Waals surface area contributed by atoms with E-state index in [1.807, 2.05) is 74.5 Å². The topological polar surface area (TPSA) is 50.7 Å². The summed E-state index contributed by atoms with van der Waals surface area (Å²) >= 11 is 0. The smallest absolute Gasteiger partial charge is 0.277 e. The monoisotopic (exact) mass is 332 g/mol. The molecule has 0 aliphatic carbocycles. The number of hydrogen-bond donors (Lipinski definition) is 1. The first-order valence-corrected chi connectivity index (χ1v) is 8.14. The molecule has 25 heavy (non-hydrogen) atoms. The number of hydrogen-bond acceptors (Lipinski definition) is 3. The van der Waals surface area contributed by atoms with E-state index in [0.717, 1.165) is 27.5 Å². The van der Waals surface area contributed by atoms with E-state index in [1.165, 1.54) is 0 Å². The number of hydrazone groups is 1. The summed E-state index contributed by atoms with van der Waals surface area (Å²) in [6, 6.07) is 19.8. The van der Waals surface area contributed by atoms with Gasteiger partial charge in [0, 0.05) is 5.56 Å². The number of nitrogens with zero attached hydrogens (tertiary/aromatic N) is 1. The van der Waals surface area contributed by atoms with Crippen LogP contribution >= 0.6 is 0 Å². The third kappa shape index (κ3) is 4.04. The Morgan fingerprint density at radius 3 is 2.68 bits per heavy atom. The van der Waals surface area contributed by atoms with Gasteiger partial charge in [-0.15, -0.1) is 0 Å². The van der Waals surface area contributed by atoms with Crippen molar-refractivity contribution in [2.24, 2.45) is 5.10 Å². The molecule has 0 fully saturated rings. The molecule has 4 nitrogen and oxygen atoms in total. The zero-order chi connectivity index (χ0) is 17.6. The van der Waals surface area contributed by atoms with E-state index < -0.39 is 0 Å². The lowest BCUT2D eigenvalue weighted by Gasteiger charge is -2.09. The number of aryl methyl sites for hydroxylation is 1. The van der Waals surface area contributed by atoms with Crippen molar-refractivity contribution in [3.63, 3.8) is 0 Å². The number of nitrogens with one attached hydrogen (secondary N) is 1. The second kappa shape index (κ2) is 7.62. The van der Waals surface area contributed by atoms with Crippen LogP contribution < -0.4 is 10.2 Å². The van der Waals surface area contributed by atoms with Gasteiger partial charge in [0.25, 0.3) is 5.91 Å². The van der Waals surface area contributed by atoms with Gasteiger partial charge in [-0.2, -0.15) is 5.10 Å². The first kappa shape index (κ1) is 16.7. The summed E-state index contributed by atoms with van der Waals surface area (Å²) in [5.41, 5.74) is 5.63. The molecule has 3 aromatic rings. The molecule has 0 radical (unpaired) electrons. The normalized spacial score (nSPS) is 11.0. The Hall–Kier alpha value is -3.14. The summed E-state index contributed by atoms with van der Waals surface area (Å²) in [5, 5.41) is 6.27. The highest BCUT2D eigenvalue weighted by atomic mass is 16.5. The molecule has 0 unspecified atom stereocenters. The molecule has 0 aromatic heterocycles. The minimum atomic E-state index is -0.294. The first-order chi connectivity index (χ1) is 12.1. The van der Waals surface area contributed by atoms with Crippen molar-refractivity contribution in [2.75, 3.05) is 6.61 Å². The average molecular weight is 332 g/mol. The molecule has 0 bridgehead atoms. The van der Waals surface area contributed by atoms with Gasteiger partial charge >= 0.3 is 0 Å². The zero-order valence-electron chi connectivity index (χ0n) is 14.3. The van der Waals surface area contributed by atoms with E-state index >= 15 is 0 Å². The zero-order valence-corrected chi connectivity index (χ0v) is 14.3. The van der Waals surface area contributed by atoms with E-state index in [9.17, 15) is 4.79 Å². The quantitative estimate of drug-likeness (QED) is 0.567. The second-order valence-corrected chi connectivity index (χ2v) is 5.85. The van der Waals surface area contributed by atoms with Crippen LogP contribution in [0.25, 0.3) is 10.8 Å². The highest BCUT2D eigenvalue weighted by molar-refractivity contribution is 5.99. The molecule has 0 aliphatic rings. The van der Waals surface area contributed by atoms with Gasteiger partial charge in [-0.1, -0.05) is 54.6 Å². The fourth-order valence-corrected chi connectivity index (χ4v) is 2.59. The highest BCUT2D eigenvalue weighted by Gasteiger charge is 2.05. The molecular weight excluding hydrogens is 312 g/mol. The predicted molar refractivity (Wildman–Crippen MR) is 101 cm³/mol. The first-order valence-electron chi connectivity index (χ1n) is 8.14. The second-order valence-electron chi connectivity index (χ2n) is 5.85. The average Bonchev–Trinajstić information content (AvgIpc) is 2.63. The van der Waals surface area contributed by atoms with E-state index in [2.05, 4.69) is 10.5 Å². The van der Waals surface area contributed by atoms with E-state index in [4.69, 9.17) is 4.74 Å². The number of amides is 1. The Kier molecular flexibility index (Phi) is 5.09. The summed E-state index contributed by atoms with van der Waals surface area (Å²) in [6.45, 7) is 3.91. The Labute approximate surface area is 147 Å². The molecule has 0 atom stereocenters.